The number of fused-ring (bicyclic) bond motifs is 1. The predicted octanol–water partition coefficient (Wildman–Crippen LogP) is 4.66. The van der Waals surface area contributed by atoms with Crippen molar-refractivity contribution in [1.82, 2.24) is 5.32 Å². The second-order valence-electron chi connectivity index (χ2n) is 4.59. The van der Waals surface area contributed by atoms with Gasteiger partial charge in [-0.3, -0.25) is 0 Å². The molecule has 2 N–H and O–H groups in total. The molecular weight excluding hydrogens is 334 g/mol. The van der Waals surface area contributed by atoms with Gasteiger partial charge in [0, 0.05) is 23.5 Å². The van der Waals surface area contributed by atoms with E-state index >= 15 is 0 Å². The number of halogens is 1. The Balaban J connectivity index is 1.78. The molecule has 2 aromatic carbocycles. The zero-order valence-corrected chi connectivity index (χ0v) is 13.2. The standard InChI is InChI=1S/C16H14BrNOS/c17-16-8-6-12(20-16)9-18-10-14-13-4-2-1-3-11(13)5-7-15(14)19/h1-8,18-19H,9-10H2. The van der Waals surface area contributed by atoms with E-state index in [0.29, 0.717) is 12.3 Å². The SMILES string of the molecule is Oc1ccc2ccccc2c1CNCc1ccc(Br)s1. The molecule has 2 nitrogen and oxygen atoms in total. The van der Waals surface area contributed by atoms with Gasteiger partial charge in [-0.15, -0.1) is 11.3 Å². The largest absolute Gasteiger partial charge is 0.508 e. The number of phenols is 1. The first-order valence-corrected chi connectivity index (χ1v) is 7.99. The summed E-state index contributed by atoms with van der Waals surface area (Å²) in [6.45, 7) is 1.46. The minimum absolute atomic E-state index is 0.351. The van der Waals surface area contributed by atoms with Gasteiger partial charge in [0.05, 0.1) is 3.79 Å². The van der Waals surface area contributed by atoms with Crippen LogP contribution in [0.4, 0.5) is 0 Å². The second kappa shape index (κ2) is 5.95. The van der Waals surface area contributed by atoms with Crippen molar-refractivity contribution >= 4 is 38.0 Å². The van der Waals surface area contributed by atoms with Crippen molar-refractivity contribution in [1.29, 1.82) is 0 Å². The fraction of sp³-hybridized carbons (Fsp3) is 0.125. The zero-order valence-electron chi connectivity index (χ0n) is 10.8. The normalized spacial score (nSPS) is 11.1. The summed E-state index contributed by atoms with van der Waals surface area (Å²) in [6, 6.07) is 16.0. The summed E-state index contributed by atoms with van der Waals surface area (Å²) in [5, 5.41) is 15.7. The maximum Gasteiger partial charge on any atom is 0.120 e. The monoisotopic (exact) mass is 347 g/mol. The lowest BCUT2D eigenvalue weighted by Crippen LogP contribution is -2.12. The Hall–Kier alpha value is -1.36. The van der Waals surface area contributed by atoms with E-state index in [4.69, 9.17) is 0 Å². The molecule has 20 heavy (non-hydrogen) atoms. The van der Waals surface area contributed by atoms with Crippen molar-refractivity contribution < 1.29 is 5.11 Å². The van der Waals surface area contributed by atoms with Gasteiger partial charge in [-0.2, -0.15) is 0 Å². The van der Waals surface area contributed by atoms with Gasteiger partial charge in [0.1, 0.15) is 5.75 Å². The molecule has 0 amide bonds. The van der Waals surface area contributed by atoms with Crippen molar-refractivity contribution in [2.45, 2.75) is 13.1 Å². The molecule has 3 aromatic rings. The number of aromatic hydroxyl groups is 1. The third-order valence-corrected chi connectivity index (χ3v) is 4.87. The third kappa shape index (κ3) is 2.87. The number of hydrogen-bond acceptors (Lipinski definition) is 3. The van der Waals surface area contributed by atoms with Gasteiger partial charge in [0.15, 0.2) is 0 Å². The molecule has 0 aliphatic carbocycles. The van der Waals surface area contributed by atoms with Gasteiger partial charge in [0.2, 0.25) is 0 Å². The Morgan fingerprint density at radius 2 is 1.85 bits per heavy atom. The molecule has 0 radical (unpaired) electrons. The van der Waals surface area contributed by atoms with Gasteiger partial charge in [0.25, 0.3) is 0 Å². The summed E-state index contributed by atoms with van der Waals surface area (Å²) in [5.41, 5.74) is 0.957. The van der Waals surface area contributed by atoms with E-state index in [1.54, 1.807) is 17.4 Å². The molecule has 3 rings (SSSR count). The number of rotatable bonds is 4. The summed E-state index contributed by atoms with van der Waals surface area (Å²) in [6.07, 6.45) is 0. The van der Waals surface area contributed by atoms with E-state index in [1.807, 2.05) is 24.3 Å². The van der Waals surface area contributed by atoms with Gasteiger partial charge in [-0.05, 0) is 44.9 Å². The van der Waals surface area contributed by atoms with E-state index in [-0.39, 0.29) is 0 Å². The number of benzene rings is 2. The maximum absolute atomic E-state index is 10.1. The lowest BCUT2D eigenvalue weighted by Gasteiger charge is -2.10. The molecule has 0 fully saturated rings. The average molecular weight is 348 g/mol. The molecule has 1 aromatic heterocycles. The third-order valence-electron chi connectivity index (χ3n) is 3.25. The first-order chi connectivity index (χ1) is 9.74. The van der Waals surface area contributed by atoms with Crippen molar-refractivity contribution in [2.75, 3.05) is 0 Å². The highest BCUT2D eigenvalue weighted by Crippen LogP contribution is 2.27. The molecule has 0 aliphatic heterocycles. The number of nitrogens with one attached hydrogen (secondary N) is 1. The van der Waals surface area contributed by atoms with E-state index in [9.17, 15) is 5.11 Å². The summed E-state index contributed by atoms with van der Waals surface area (Å²) >= 11 is 5.19. The quantitative estimate of drug-likeness (QED) is 0.719. The van der Waals surface area contributed by atoms with Crippen LogP contribution in [0.15, 0.2) is 52.3 Å². The van der Waals surface area contributed by atoms with Crippen LogP contribution in [-0.2, 0) is 13.1 Å². The van der Waals surface area contributed by atoms with Crippen LogP contribution in [0, 0.1) is 0 Å². The highest BCUT2D eigenvalue weighted by molar-refractivity contribution is 9.11. The molecule has 0 bridgehead atoms. The van der Waals surface area contributed by atoms with Crippen LogP contribution >= 0.6 is 27.3 Å². The summed E-state index contributed by atoms with van der Waals surface area (Å²) in [7, 11) is 0. The topological polar surface area (TPSA) is 32.3 Å². The zero-order chi connectivity index (χ0) is 13.9. The molecule has 102 valence electrons. The van der Waals surface area contributed by atoms with E-state index in [2.05, 4.69) is 39.4 Å². The maximum atomic E-state index is 10.1. The molecule has 0 atom stereocenters. The van der Waals surface area contributed by atoms with Crippen LogP contribution < -0.4 is 5.32 Å². The van der Waals surface area contributed by atoms with Gasteiger partial charge in [-0.1, -0.05) is 30.3 Å². The summed E-state index contributed by atoms with van der Waals surface area (Å²) in [5.74, 6) is 0.351. The Kier molecular flexibility index (Phi) is 4.05. The van der Waals surface area contributed by atoms with Crippen LogP contribution in [0.25, 0.3) is 10.8 Å². The minimum atomic E-state index is 0.351. The number of thiophene rings is 1. The number of hydrogen-bond donors (Lipinski definition) is 2. The first kappa shape index (κ1) is 13.6. The van der Waals surface area contributed by atoms with Gasteiger partial charge >= 0.3 is 0 Å². The molecule has 0 spiro atoms. The fourth-order valence-electron chi connectivity index (χ4n) is 2.27. The minimum Gasteiger partial charge on any atom is -0.508 e. The summed E-state index contributed by atoms with van der Waals surface area (Å²) < 4.78 is 1.14. The molecule has 0 saturated carbocycles. The predicted molar refractivity (Wildman–Crippen MR) is 88.2 cm³/mol. The molecular formula is C16H14BrNOS. The van der Waals surface area contributed by atoms with E-state index < -0.39 is 0 Å². The van der Waals surface area contributed by atoms with Crippen LogP contribution in [0.5, 0.6) is 5.75 Å². The Morgan fingerprint density at radius 1 is 1.00 bits per heavy atom. The lowest BCUT2D eigenvalue weighted by atomic mass is 10.0. The summed E-state index contributed by atoms with van der Waals surface area (Å²) in [4.78, 5) is 1.27. The lowest BCUT2D eigenvalue weighted by molar-refractivity contribution is 0.466. The van der Waals surface area contributed by atoms with Crippen molar-refractivity contribution in [2.24, 2.45) is 0 Å². The van der Waals surface area contributed by atoms with Crippen molar-refractivity contribution in [3.63, 3.8) is 0 Å². The van der Waals surface area contributed by atoms with Crippen molar-refractivity contribution in [3.05, 3.63) is 62.8 Å². The average Bonchev–Trinajstić information content (AvgIpc) is 2.87. The number of phenolic OH excluding ortho intramolecular Hbond substituents is 1. The van der Waals surface area contributed by atoms with Crippen LogP contribution in [0.1, 0.15) is 10.4 Å². The fourth-order valence-corrected chi connectivity index (χ4v) is 3.72. The Morgan fingerprint density at radius 3 is 2.65 bits per heavy atom. The second-order valence-corrected chi connectivity index (χ2v) is 7.14. The smallest absolute Gasteiger partial charge is 0.120 e. The van der Waals surface area contributed by atoms with E-state index in [1.165, 1.54) is 4.88 Å². The molecule has 4 heteroatoms. The first-order valence-electron chi connectivity index (χ1n) is 6.38. The van der Waals surface area contributed by atoms with Crippen LogP contribution in [0.2, 0.25) is 0 Å². The Labute approximate surface area is 130 Å². The van der Waals surface area contributed by atoms with Gasteiger partial charge < -0.3 is 10.4 Å². The molecule has 0 saturated heterocycles. The Bertz CT molecular complexity index is 738. The molecule has 0 unspecified atom stereocenters. The highest BCUT2D eigenvalue weighted by Gasteiger charge is 2.06. The van der Waals surface area contributed by atoms with Crippen LogP contribution in [0.3, 0.4) is 0 Å². The van der Waals surface area contributed by atoms with E-state index in [0.717, 1.165) is 26.7 Å². The van der Waals surface area contributed by atoms with Gasteiger partial charge in [-0.25, -0.2) is 0 Å². The molecule has 0 aliphatic rings. The van der Waals surface area contributed by atoms with Crippen LogP contribution in [-0.4, -0.2) is 5.11 Å². The highest BCUT2D eigenvalue weighted by atomic mass is 79.9. The van der Waals surface area contributed by atoms with Crippen molar-refractivity contribution in [3.8, 4) is 5.75 Å². The molecule has 1 heterocycles.